The monoisotopic (exact) mass is 361 g/mol. The van der Waals surface area contributed by atoms with Crippen molar-refractivity contribution in [2.24, 2.45) is 10.4 Å². The highest BCUT2D eigenvalue weighted by molar-refractivity contribution is 6.39. The molecule has 0 unspecified atom stereocenters. The maximum atomic E-state index is 12.9. The molecule has 0 radical (unpaired) electrons. The van der Waals surface area contributed by atoms with Gasteiger partial charge < -0.3 is 4.74 Å². The van der Waals surface area contributed by atoms with Gasteiger partial charge in [-0.2, -0.15) is 0 Å². The summed E-state index contributed by atoms with van der Waals surface area (Å²) in [6.45, 7) is 0. The van der Waals surface area contributed by atoms with Crippen LogP contribution in [0.2, 0.25) is 0 Å². The van der Waals surface area contributed by atoms with Gasteiger partial charge in [-0.3, -0.25) is 19.7 Å². The number of benzene rings is 1. The van der Waals surface area contributed by atoms with E-state index in [4.69, 9.17) is 0 Å². The molecular weight excluding hydrogens is 350 g/mol. The second kappa shape index (κ2) is 5.98. The summed E-state index contributed by atoms with van der Waals surface area (Å²) < 4.78 is 4.52. The molecule has 0 aliphatic carbocycles. The number of anilines is 1. The summed E-state index contributed by atoms with van der Waals surface area (Å²) in [5, 5.41) is 17.7. The maximum absolute atomic E-state index is 12.9. The number of hydrogen-bond donors (Lipinski definition) is 0. The number of nitrogens with zero attached hydrogens (tertiary/aromatic N) is 5. The lowest BCUT2D eigenvalue weighted by molar-refractivity contribution is -0.384. The van der Waals surface area contributed by atoms with Crippen LogP contribution in [-0.4, -0.2) is 46.2 Å². The normalized spacial score (nSPS) is 22.0. The first-order chi connectivity index (χ1) is 12.3. The van der Waals surface area contributed by atoms with Crippen molar-refractivity contribution >= 4 is 34.9 Å². The van der Waals surface area contributed by atoms with E-state index >= 15 is 0 Å². The third-order valence-electron chi connectivity index (χ3n) is 4.15. The average Bonchev–Trinajstić information content (AvgIpc) is 3.12. The second-order valence-electron chi connectivity index (χ2n) is 5.61. The highest BCUT2D eigenvalue weighted by atomic mass is 16.6. The molecule has 0 bridgehead atoms. The van der Waals surface area contributed by atoms with Crippen molar-refractivity contribution in [2.45, 2.75) is 18.4 Å². The standard InChI is InChI=1S/C14H11N5O7/c1-26-12(21)10-6-14(19(15-10)16-23)7-11(20)17(13(14)22)8-3-2-4-9(5-8)18(24)25/h2-5H,6-7H2,1H3/t14-/m0/s1. The number of rotatable bonds is 4. The lowest BCUT2D eigenvalue weighted by Gasteiger charge is -2.24. The molecule has 1 fully saturated rings. The Balaban J connectivity index is 1.99. The predicted molar refractivity (Wildman–Crippen MR) is 84.6 cm³/mol. The van der Waals surface area contributed by atoms with Crippen molar-refractivity contribution in [1.82, 2.24) is 5.12 Å². The maximum Gasteiger partial charge on any atom is 0.354 e. The van der Waals surface area contributed by atoms with Crippen molar-refractivity contribution in [3.8, 4) is 0 Å². The van der Waals surface area contributed by atoms with Gasteiger partial charge in [-0.25, -0.2) is 9.69 Å². The Hall–Kier alpha value is -3.70. The molecule has 134 valence electrons. The van der Waals surface area contributed by atoms with E-state index in [-0.39, 0.29) is 23.5 Å². The van der Waals surface area contributed by atoms with E-state index in [0.29, 0.717) is 5.12 Å². The topological polar surface area (TPSA) is 152 Å². The number of amides is 2. The van der Waals surface area contributed by atoms with Crippen LogP contribution in [-0.2, 0) is 19.1 Å². The van der Waals surface area contributed by atoms with Crippen molar-refractivity contribution < 1.29 is 24.0 Å². The smallest absolute Gasteiger partial charge is 0.354 e. The van der Waals surface area contributed by atoms with E-state index in [9.17, 15) is 29.4 Å². The van der Waals surface area contributed by atoms with Crippen LogP contribution in [0.25, 0.3) is 0 Å². The molecule has 1 saturated heterocycles. The van der Waals surface area contributed by atoms with Gasteiger partial charge in [0.2, 0.25) is 5.91 Å². The summed E-state index contributed by atoms with van der Waals surface area (Å²) in [6.07, 6.45) is -0.814. The van der Waals surface area contributed by atoms with E-state index in [1.54, 1.807) is 0 Å². The number of nitro groups is 1. The third-order valence-corrected chi connectivity index (χ3v) is 4.15. The molecule has 2 amide bonds. The molecular formula is C14H11N5O7. The number of hydrazone groups is 1. The minimum atomic E-state index is -1.78. The van der Waals surface area contributed by atoms with Crippen LogP contribution >= 0.6 is 0 Å². The molecule has 2 aliphatic rings. The molecule has 1 spiro atoms. The molecule has 12 heteroatoms. The van der Waals surface area contributed by atoms with Gasteiger partial charge in [0.05, 0.1) is 29.4 Å². The van der Waals surface area contributed by atoms with Crippen molar-refractivity contribution in [3.63, 3.8) is 0 Å². The number of carbonyl (C=O) groups is 3. The van der Waals surface area contributed by atoms with E-state index < -0.39 is 34.7 Å². The van der Waals surface area contributed by atoms with Crippen molar-refractivity contribution in [1.29, 1.82) is 0 Å². The molecule has 2 aliphatic heterocycles. The van der Waals surface area contributed by atoms with E-state index in [2.05, 4.69) is 15.1 Å². The quantitative estimate of drug-likeness (QED) is 0.247. The van der Waals surface area contributed by atoms with Crippen LogP contribution in [0.4, 0.5) is 11.4 Å². The zero-order valence-corrected chi connectivity index (χ0v) is 13.3. The summed E-state index contributed by atoms with van der Waals surface area (Å²) >= 11 is 0. The van der Waals surface area contributed by atoms with Crippen LogP contribution in [0.5, 0.6) is 0 Å². The van der Waals surface area contributed by atoms with Gasteiger partial charge in [-0.05, 0) is 6.07 Å². The van der Waals surface area contributed by atoms with Crippen LogP contribution in [0.15, 0.2) is 34.7 Å². The molecule has 0 saturated carbocycles. The van der Waals surface area contributed by atoms with E-state index in [1.165, 1.54) is 18.2 Å². The van der Waals surface area contributed by atoms with Gasteiger partial charge in [0.15, 0.2) is 11.3 Å². The lowest BCUT2D eigenvalue weighted by Crippen LogP contribution is -2.48. The predicted octanol–water partition coefficient (Wildman–Crippen LogP) is 0.513. The van der Waals surface area contributed by atoms with Gasteiger partial charge >= 0.3 is 5.97 Å². The first-order valence-electron chi connectivity index (χ1n) is 7.25. The fraction of sp³-hybridized carbons (Fsp3) is 0.286. The molecule has 1 aromatic carbocycles. The summed E-state index contributed by atoms with van der Waals surface area (Å²) in [7, 11) is 1.10. The van der Waals surface area contributed by atoms with Crippen molar-refractivity contribution in [2.75, 3.05) is 12.0 Å². The Kier molecular flexibility index (Phi) is 3.94. The van der Waals surface area contributed by atoms with Crippen LogP contribution in [0.1, 0.15) is 12.8 Å². The van der Waals surface area contributed by atoms with Gasteiger partial charge in [-0.15, -0.1) is 15.1 Å². The number of esters is 1. The highest BCUT2D eigenvalue weighted by Gasteiger charge is 2.61. The Bertz CT molecular complexity index is 882. The number of carbonyl (C=O) groups excluding carboxylic acids is 3. The average molecular weight is 361 g/mol. The molecule has 1 aromatic rings. The number of non-ortho nitro benzene ring substituents is 1. The Morgan fingerprint density at radius 2 is 2.12 bits per heavy atom. The Labute approximate surface area is 145 Å². The molecule has 2 heterocycles. The summed E-state index contributed by atoms with van der Waals surface area (Å²) in [5.41, 5.74) is -2.35. The number of ether oxygens (including phenoxy) is 1. The van der Waals surface area contributed by atoms with Gasteiger partial charge in [-0.1, -0.05) is 6.07 Å². The summed E-state index contributed by atoms with van der Waals surface area (Å²) in [4.78, 5) is 59.1. The lowest BCUT2D eigenvalue weighted by atomic mass is 9.92. The minimum absolute atomic E-state index is 0.0246. The molecule has 3 rings (SSSR count). The Morgan fingerprint density at radius 3 is 2.73 bits per heavy atom. The van der Waals surface area contributed by atoms with Crippen LogP contribution < -0.4 is 4.90 Å². The molecule has 0 aromatic heterocycles. The first-order valence-corrected chi connectivity index (χ1v) is 7.25. The van der Waals surface area contributed by atoms with Gasteiger partial charge in [0, 0.05) is 18.6 Å². The van der Waals surface area contributed by atoms with Crippen molar-refractivity contribution in [3.05, 3.63) is 39.3 Å². The zero-order valence-electron chi connectivity index (χ0n) is 13.3. The van der Waals surface area contributed by atoms with E-state index in [1.807, 2.05) is 0 Å². The van der Waals surface area contributed by atoms with Gasteiger partial charge in [0.1, 0.15) is 0 Å². The fourth-order valence-corrected chi connectivity index (χ4v) is 2.95. The summed E-state index contributed by atoms with van der Waals surface area (Å²) in [5.74, 6) is -2.42. The van der Waals surface area contributed by atoms with Gasteiger partial charge in [0.25, 0.3) is 11.6 Å². The molecule has 1 atom stereocenters. The summed E-state index contributed by atoms with van der Waals surface area (Å²) in [6, 6.07) is 4.93. The van der Waals surface area contributed by atoms with E-state index in [0.717, 1.165) is 18.1 Å². The number of methoxy groups -OCH3 is 1. The molecule has 12 nitrogen and oxygen atoms in total. The minimum Gasteiger partial charge on any atom is -0.464 e. The SMILES string of the molecule is COC(=O)C1=NN(N=O)[C@]2(CC(=O)N(c3cccc([N+](=O)[O-])c3)C2=O)C1. The van der Waals surface area contributed by atoms with Crippen LogP contribution in [0, 0.1) is 15.0 Å². The third kappa shape index (κ3) is 2.39. The van der Waals surface area contributed by atoms with Crippen LogP contribution in [0.3, 0.4) is 0 Å². The second-order valence-corrected chi connectivity index (χ2v) is 5.61. The Morgan fingerprint density at radius 1 is 1.38 bits per heavy atom. The fourth-order valence-electron chi connectivity index (χ4n) is 2.95. The number of nitroso groups, excluding NO2 is 1. The molecule has 26 heavy (non-hydrogen) atoms. The highest BCUT2D eigenvalue weighted by Crippen LogP contribution is 2.41. The number of hydrogen-bond acceptors (Lipinski definition) is 9. The first kappa shape index (κ1) is 17.1. The zero-order chi connectivity index (χ0) is 19.1. The number of imide groups is 1. The molecule has 0 N–H and O–H groups in total. The largest absolute Gasteiger partial charge is 0.464 e. The number of nitro benzene ring substituents is 1.